The first-order chi connectivity index (χ1) is 8.00. The standard InChI is InChI=1S/C14H17FO2/c1-14(15,11-5-3-6-11)12-7-2-4-10(8-12)9-13(16)17/h2,4,7-8,11H,3,5-6,9H2,1H3,(H,16,17). The highest BCUT2D eigenvalue weighted by Gasteiger charge is 2.39. The van der Waals surface area contributed by atoms with Crippen molar-refractivity contribution < 1.29 is 14.3 Å². The summed E-state index contributed by atoms with van der Waals surface area (Å²) in [6, 6.07) is 6.91. The van der Waals surface area contributed by atoms with E-state index in [1.165, 1.54) is 0 Å². The molecule has 0 spiro atoms. The van der Waals surface area contributed by atoms with Crippen LogP contribution in [0.5, 0.6) is 0 Å². The lowest BCUT2D eigenvalue weighted by atomic mass is 9.71. The first-order valence-corrected chi connectivity index (χ1v) is 6.00. The molecule has 1 aromatic rings. The van der Waals surface area contributed by atoms with Gasteiger partial charge in [0.15, 0.2) is 0 Å². The highest BCUT2D eigenvalue weighted by molar-refractivity contribution is 5.70. The largest absolute Gasteiger partial charge is 0.481 e. The molecule has 1 unspecified atom stereocenters. The Morgan fingerprint density at radius 1 is 1.53 bits per heavy atom. The number of carbonyl (C=O) groups is 1. The lowest BCUT2D eigenvalue weighted by molar-refractivity contribution is -0.136. The Hall–Kier alpha value is -1.38. The van der Waals surface area contributed by atoms with Crippen LogP contribution < -0.4 is 0 Å². The first-order valence-electron chi connectivity index (χ1n) is 6.00. The fraction of sp³-hybridized carbons (Fsp3) is 0.500. The summed E-state index contributed by atoms with van der Waals surface area (Å²) in [6.07, 6.45) is 2.90. The number of alkyl halides is 1. The third kappa shape index (κ3) is 2.48. The second-order valence-corrected chi connectivity index (χ2v) is 4.97. The van der Waals surface area contributed by atoms with E-state index in [0.717, 1.165) is 19.3 Å². The molecule has 1 aromatic carbocycles. The molecule has 0 bridgehead atoms. The summed E-state index contributed by atoms with van der Waals surface area (Å²) < 4.78 is 14.6. The Labute approximate surface area is 100 Å². The Balaban J connectivity index is 2.22. The molecule has 0 amide bonds. The molecule has 17 heavy (non-hydrogen) atoms. The second kappa shape index (κ2) is 4.47. The number of carboxylic acids is 1. The van der Waals surface area contributed by atoms with Crippen LogP contribution in [0.1, 0.15) is 37.3 Å². The highest BCUT2D eigenvalue weighted by Crippen LogP contribution is 2.45. The average molecular weight is 236 g/mol. The molecule has 0 saturated heterocycles. The van der Waals surface area contributed by atoms with Gasteiger partial charge in [-0.15, -0.1) is 0 Å². The van der Waals surface area contributed by atoms with Crippen molar-refractivity contribution in [2.75, 3.05) is 0 Å². The van der Waals surface area contributed by atoms with Crippen LogP contribution in [0.4, 0.5) is 4.39 Å². The van der Waals surface area contributed by atoms with Gasteiger partial charge in [-0.2, -0.15) is 0 Å². The summed E-state index contributed by atoms with van der Waals surface area (Å²) in [7, 11) is 0. The molecule has 0 aromatic heterocycles. The van der Waals surface area contributed by atoms with Crippen molar-refractivity contribution in [1.82, 2.24) is 0 Å². The van der Waals surface area contributed by atoms with Crippen LogP contribution in [0.3, 0.4) is 0 Å². The smallest absolute Gasteiger partial charge is 0.307 e. The van der Waals surface area contributed by atoms with Crippen LogP contribution in [0, 0.1) is 5.92 Å². The van der Waals surface area contributed by atoms with Gasteiger partial charge >= 0.3 is 5.97 Å². The number of carboxylic acid groups (broad SMARTS) is 1. The van der Waals surface area contributed by atoms with Gasteiger partial charge in [-0.25, -0.2) is 4.39 Å². The van der Waals surface area contributed by atoms with E-state index in [1.54, 1.807) is 31.2 Å². The monoisotopic (exact) mass is 236 g/mol. The van der Waals surface area contributed by atoms with Gasteiger partial charge in [0.1, 0.15) is 5.67 Å². The number of benzene rings is 1. The number of halogens is 1. The zero-order chi connectivity index (χ0) is 12.5. The van der Waals surface area contributed by atoms with Gasteiger partial charge in [0.05, 0.1) is 6.42 Å². The molecular weight excluding hydrogens is 219 g/mol. The van der Waals surface area contributed by atoms with Crippen LogP contribution in [0.2, 0.25) is 0 Å². The number of rotatable bonds is 4. The van der Waals surface area contributed by atoms with E-state index in [1.807, 2.05) is 0 Å². The van der Waals surface area contributed by atoms with Gasteiger partial charge in [-0.1, -0.05) is 30.7 Å². The molecular formula is C14H17FO2. The van der Waals surface area contributed by atoms with Crippen molar-refractivity contribution in [3.05, 3.63) is 35.4 Å². The molecule has 92 valence electrons. The van der Waals surface area contributed by atoms with Crippen molar-refractivity contribution >= 4 is 5.97 Å². The zero-order valence-electron chi connectivity index (χ0n) is 9.95. The normalized spacial score (nSPS) is 19.4. The number of hydrogen-bond acceptors (Lipinski definition) is 1. The van der Waals surface area contributed by atoms with Gasteiger partial charge in [0, 0.05) is 0 Å². The van der Waals surface area contributed by atoms with Gasteiger partial charge in [-0.05, 0) is 36.8 Å². The van der Waals surface area contributed by atoms with E-state index in [9.17, 15) is 9.18 Å². The van der Waals surface area contributed by atoms with E-state index in [-0.39, 0.29) is 12.3 Å². The molecule has 0 radical (unpaired) electrons. The zero-order valence-corrected chi connectivity index (χ0v) is 9.95. The fourth-order valence-corrected chi connectivity index (χ4v) is 2.35. The first kappa shape index (κ1) is 12.1. The molecule has 0 heterocycles. The molecule has 0 aliphatic heterocycles. The van der Waals surface area contributed by atoms with E-state index >= 15 is 0 Å². The third-order valence-electron chi connectivity index (χ3n) is 3.72. The summed E-state index contributed by atoms with van der Waals surface area (Å²) in [4.78, 5) is 10.6. The van der Waals surface area contributed by atoms with Crippen LogP contribution in [0.25, 0.3) is 0 Å². The molecule has 1 aliphatic carbocycles. The number of aliphatic carboxylic acids is 1. The predicted octanol–water partition coefficient (Wildman–Crippen LogP) is 3.30. The maximum absolute atomic E-state index is 14.6. The molecule has 1 N–H and O–H groups in total. The van der Waals surface area contributed by atoms with Gasteiger partial charge in [-0.3, -0.25) is 4.79 Å². The topological polar surface area (TPSA) is 37.3 Å². The maximum Gasteiger partial charge on any atom is 0.307 e. The minimum absolute atomic E-state index is 0.0470. The average Bonchev–Trinajstić information content (AvgIpc) is 2.13. The lowest BCUT2D eigenvalue weighted by Crippen LogP contribution is -2.32. The Bertz CT molecular complexity index is 422. The predicted molar refractivity (Wildman–Crippen MR) is 63.6 cm³/mol. The van der Waals surface area contributed by atoms with Crippen LogP contribution in [-0.4, -0.2) is 11.1 Å². The lowest BCUT2D eigenvalue weighted by Gasteiger charge is -2.37. The van der Waals surface area contributed by atoms with Crippen molar-refractivity contribution in [2.45, 2.75) is 38.3 Å². The quantitative estimate of drug-likeness (QED) is 0.870. The Morgan fingerprint density at radius 3 is 2.76 bits per heavy atom. The van der Waals surface area contributed by atoms with E-state index in [2.05, 4.69) is 0 Å². The molecule has 2 nitrogen and oxygen atoms in total. The molecule has 1 fully saturated rings. The van der Waals surface area contributed by atoms with Crippen LogP contribution >= 0.6 is 0 Å². The van der Waals surface area contributed by atoms with Gasteiger partial charge in [0.25, 0.3) is 0 Å². The maximum atomic E-state index is 14.6. The second-order valence-electron chi connectivity index (χ2n) is 4.97. The fourth-order valence-electron chi connectivity index (χ4n) is 2.35. The number of hydrogen-bond donors (Lipinski definition) is 1. The molecule has 3 heteroatoms. The van der Waals surface area contributed by atoms with E-state index < -0.39 is 11.6 Å². The SMILES string of the molecule is CC(F)(c1cccc(CC(=O)O)c1)C1CCC1. The Kier molecular flexibility index (Phi) is 3.18. The molecule has 1 aliphatic rings. The summed E-state index contributed by atoms with van der Waals surface area (Å²) in [5, 5.41) is 8.73. The minimum atomic E-state index is -1.33. The van der Waals surface area contributed by atoms with Gasteiger partial charge < -0.3 is 5.11 Å². The van der Waals surface area contributed by atoms with Crippen molar-refractivity contribution in [3.63, 3.8) is 0 Å². The minimum Gasteiger partial charge on any atom is -0.481 e. The molecule has 1 atom stereocenters. The summed E-state index contributed by atoms with van der Waals surface area (Å²) in [5.74, 6) is -0.797. The summed E-state index contributed by atoms with van der Waals surface area (Å²) >= 11 is 0. The highest BCUT2D eigenvalue weighted by atomic mass is 19.1. The van der Waals surface area contributed by atoms with Crippen molar-refractivity contribution in [3.8, 4) is 0 Å². The van der Waals surface area contributed by atoms with Crippen molar-refractivity contribution in [2.24, 2.45) is 5.92 Å². The third-order valence-corrected chi connectivity index (χ3v) is 3.72. The van der Waals surface area contributed by atoms with Crippen LogP contribution in [0.15, 0.2) is 24.3 Å². The van der Waals surface area contributed by atoms with Gasteiger partial charge in [0.2, 0.25) is 0 Å². The van der Waals surface area contributed by atoms with Crippen molar-refractivity contribution in [1.29, 1.82) is 0 Å². The Morgan fingerprint density at radius 2 is 2.24 bits per heavy atom. The summed E-state index contributed by atoms with van der Waals surface area (Å²) in [5.41, 5.74) is -0.0496. The summed E-state index contributed by atoms with van der Waals surface area (Å²) in [6.45, 7) is 1.61. The van der Waals surface area contributed by atoms with Crippen LogP contribution in [-0.2, 0) is 16.9 Å². The molecule has 2 rings (SSSR count). The van der Waals surface area contributed by atoms with E-state index in [0.29, 0.717) is 11.1 Å². The van der Waals surface area contributed by atoms with E-state index in [4.69, 9.17) is 5.11 Å². The molecule has 1 saturated carbocycles.